The van der Waals surface area contributed by atoms with Crippen molar-refractivity contribution in [1.82, 2.24) is 4.90 Å². The third-order valence-corrected chi connectivity index (χ3v) is 5.73. The number of nitrogens with zero attached hydrogens (tertiary/aromatic N) is 2. The van der Waals surface area contributed by atoms with Crippen LogP contribution in [0.3, 0.4) is 0 Å². The summed E-state index contributed by atoms with van der Waals surface area (Å²) in [7, 11) is 0. The maximum atomic E-state index is 12.5. The summed E-state index contributed by atoms with van der Waals surface area (Å²) in [6.07, 6.45) is 0. The number of hydrogen-bond donors (Lipinski definition) is 1. The standard InChI is InChI=1S/C21H24F3N3OS/c1-3-26-10-12-27(13-11-26)17-6-9-19(15(2)14-17)25-20(28)16-4-7-18(8-5-16)29-21(22,23)24/h4-9,14H,3,10-13H2,1-2H3,(H,25,28). The van der Waals surface area contributed by atoms with Gasteiger partial charge in [0.1, 0.15) is 0 Å². The Hall–Kier alpha value is -2.19. The van der Waals surface area contributed by atoms with Gasteiger partial charge in [-0.05, 0) is 73.3 Å². The molecule has 1 N–H and O–H groups in total. The Kier molecular flexibility index (Phi) is 6.74. The quantitative estimate of drug-likeness (QED) is 0.687. The van der Waals surface area contributed by atoms with Crippen molar-refractivity contribution >= 4 is 29.0 Å². The molecule has 3 rings (SSSR count). The molecule has 1 aliphatic rings. The molecule has 29 heavy (non-hydrogen) atoms. The topological polar surface area (TPSA) is 35.6 Å². The second-order valence-electron chi connectivity index (χ2n) is 6.95. The summed E-state index contributed by atoms with van der Waals surface area (Å²) in [5.41, 5.74) is -1.26. The van der Waals surface area contributed by atoms with Crippen molar-refractivity contribution in [2.45, 2.75) is 24.3 Å². The molecule has 1 saturated heterocycles. The van der Waals surface area contributed by atoms with Gasteiger partial charge in [0.05, 0.1) is 0 Å². The Morgan fingerprint density at radius 3 is 2.28 bits per heavy atom. The first-order valence-electron chi connectivity index (χ1n) is 9.50. The van der Waals surface area contributed by atoms with Crippen molar-refractivity contribution in [3.8, 4) is 0 Å². The van der Waals surface area contributed by atoms with Gasteiger partial charge < -0.3 is 15.1 Å². The molecule has 2 aromatic rings. The molecule has 4 nitrogen and oxygen atoms in total. The van der Waals surface area contributed by atoms with E-state index in [1.54, 1.807) is 0 Å². The van der Waals surface area contributed by atoms with E-state index >= 15 is 0 Å². The van der Waals surface area contributed by atoms with Crippen LogP contribution < -0.4 is 10.2 Å². The molecule has 1 aliphatic heterocycles. The van der Waals surface area contributed by atoms with E-state index in [9.17, 15) is 18.0 Å². The highest BCUT2D eigenvalue weighted by Gasteiger charge is 2.29. The summed E-state index contributed by atoms with van der Waals surface area (Å²) in [6, 6.07) is 11.3. The van der Waals surface area contributed by atoms with Crippen molar-refractivity contribution in [2.75, 3.05) is 42.9 Å². The molecule has 0 aromatic heterocycles. The number of alkyl halides is 3. The fourth-order valence-electron chi connectivity index (χ4n) is 3.31. The minimum Gasteiger partial charge on any atom is -0.369 e. The highest BCUT2D eigenvalue weighted by Crippen LogP contribution is 2.36. The predicted octanol–water partition coefficient (Wildman–Crippen LogP) is 5.00. The number of rotatable bonds is 5. The van der Waals surface area contributed by atoms with Crippen LogP contribution in [0.5, 0.6) is 0 Å². The number of piperazine rings is 1. The van der Waals surface area contributed by atoms with E-state index in [0.717, 1.165) is 44.0 Å². The average Bonchev–Trinajstić information content (AvgIpc) is 2.69. The molecule has 0 saturated carbocycles. The molecular weight excluding hydrogens is 399 g/mol. The predicted molar refractivity (Wildman–Crippen MR) is 112 cm³/mol. The first kappa shape index (κ1) is 21.5. The third-order valence-electron chi connectivity index (χ3n) is 4.99. The van der Waals surface area contributed by atoms with E-state index in [1.807, 2.05) is 19.1 Å². The lowest BCUT2D eigenvalue weighted by Gasteiger charge is -2.35. The number of halogens is 3. The summed E-state index contributed by atoms with van der Waals surface area (Å²) in [5.74, 6) is -0.346. The molecule has 0 atom stereocenters. The molecule has 0 radical (unpaired) electrons. The third kappa shape index (κ3) is 5.90. The molecular formula is C21H24F3N3OS. The number of hydrogen-bond acceptors (Lipinski definition) is 4. The van der Waals surface area contributed by atoms with Crippen LogP contribution >= 0.6 is 11.8 Å². The summed E-state index contributed by atoms with van der Waals surface area (Å²) in [6.45, 7) is 9.19. The molecule has 2 aromatic carbocycles. The first-order valence-corrected chi connectivity index (χ1v) is 10.3. The van der Waals surface area contributed by atoms with Crippen molar-refractivity contribution in [3.05, 3.63) is 53.6 Å². The fraction of sp³-hybridized carbons (Fsp3) is 0.381. The summed E-state index contributed by atoms with van der Waals surface area (Å²) < 4.78 is 37.2. The number of carbonyl (C=O) groups is 1. The Morgan fingerprint density at radius 2 is 1.72 bits per heavy atom. The van der Waals surface area contributed by atoms with Gasteiger partial charge in [0.15, 0.2) is 0 Å². The van der Waals surface area contributed by atoms with E-state index in [1.165, 1.54) is 24.3 Å². The summed E-state index contributed by atoms with van der Waals surface area (Å²) >= 11 is -0.195. The molecule has 8 heteroatoms. The van der Waals surface area contributed by atoms with Gasteiger partial charge in [-0.1, -0.05) is 6.92 Å². The van der Waals surface area contributed by atoms with Gasteiger partial charge in [-0.2, -0.15) is 13.2 Å². The maximum Gasteiger partial charge on any atom is 0.446 e. The molecule has 1 amide bonds. The number of nitrogens with one attached hydrogen (secondary N) is 1. The second-order valence-corrected chi connectivity index (χ2v) is 8.09. The Morgan fingerprint density at radius 1 is 1.07 bits per heavy atom. The lowest BCUT2D eigenvalue weighted by atomic mass is 10.1. The van der Waals surface area contributed by atoms with E-state index in [-0.39, 0.29) is 22.6 Å². The van der Waals surface area contributed by atoms with Crippen molar-refractivity contribution < 1.29 is 18.0 Å². The van der Waals surface area contributed by atoms with Gasteiger partial charge in [-0.15, -0.1) is 0 Å². The second kappa shape index (κ2) is 9.09. The monoisotopic (exact) mass is 423 g/mol. The molecule has 0 bridgehead atoms. The van der Waals surface area contributed by atoms with Gasteiger partial charge in [-0.3, -0.25) is 4.79 Å². The molecule has 0 unspecified atom stereocenters. The molecule has 1 fully saturated rings. The van der Waals surface area contributed by atoms with Crippen molar-refractivity contribution in [1.29, 1.82) is 0 Å². The van der Waals surface area contributed by atoms with Crippen LogP contribution in [-0.2, 0) is 0 Å². The number of carbonyl (C=O) groups excluding carboxylic acids is 1. The normalized spacial score (nSPS) is 15.4. The summed E-state index contributed by atoms with van der Waals surface area (Å²) in [4.78, 5) is 17.3. The SMILES string of the molecule is CCN1CCN(c2ccc(NC(=O)c3ccc(SC(F)(F)F)cc3)c(C)c2)CC1. The number of aryl methyl sites for hydroxylation is 1. The minimum atomic E-state index is -4.34. The van der Waals surface area contributed by atoms with Gasteiger partial charge in [0.2, 0.25) is 0 Å². The Labute approximate surface area is 173 Å². The number of amides is 1. The zero-order valence-corrected chi connectivity index (χ0v) is 17.2. The lowest BCUT2D eigenvalue weighted by molar-refractivity contribution is -0.0328. The minimum absolute atomic E-state index is 0.0535. The highest BCUT2D eigenvalue weighted by molar-refractivity contribution is 8.00. The van der Waals surface area contributed by atoms with E-state index in [4.69, 9.17) is 0 Å². The van der Waals surface area contributed by atoms with E-state index < -0.39 is 5.51 Å². The molecule has 156 valence electrons. The van der Waals surface area contributed by atoms with E-state index in [0.29, 0.717) is 11.3 Å². The van der Waals surface area contributed by atoms with Crippen LogP contribution in [0.15, 0.2) is 47.4 Å². The van der Waals surface area contributed by atoms with Gasteiger partial charge in [0, 0.05) is 48.0 Å². The molecule has 0 spiro atoms. The molecule has 0 aliphatic carbocycles. The van der Waals surface area contributed by atoms with Gasteiger partial charge in [0.25, 0.3) is 5.91 Å². The van der Waals surface area contributed by atoms with Crippen LogP contribution in [0.1, 0.15) is 22.8 Å². The zero-order valence-electron chi connectivity index (χ0n) is 16.4. The van der Waals surface area contributed by atoms with Crippen LogP contribution in [0.2, 0.25) is 0 Å². The first-order chi connectivity index (χ1) is 13.7. The Bertz CT molecular complexity index is 847. The van der Waals surface area contributed by atoms with Crippen LogP contribution in [0.25, 0.3) is 0 Å². The average molecular weight is 424 g/mol. The number of benzene rings is 2. The largest absolute Gasteiger partial charge is 0.446 e. The van der Waals surface area contributed by atoms with E-state index in [2.05, 4.69) is 28.1 Å². The van der Waals surface area contributed by atoms with Gasteiger partial charge in [-0.25, -0.2) is 0 Å². The number of thioether (sulfide) groups is 1. The van der Waals surface area contributed by atoms with Gasteiger partial charge >= 0.3 is 5.51 Å². The fourth-order valence-corrected chi connectivity index (χ4v) is 3.85. The zero-order chi connectivity index (χ0) is 21.0. The number of anilines is 2. The maximum absolute atomic E-state index is 12.5. The van der Waals surface area contributed by atoms with Crippen molar-refractivity contribution in [2.24, 2.45) is 0 Å². The lowest BCUT2D eigenvalue weighted by Crippen LogP contribution is -2.46. The van der Waals surface area contributed by atoms with Crippen LogP contribution in [0, 0.1) is 6.92 Å². The van der Waals surface area contributed by atoms with Crippen LogP contribution in [0.4, 0.5) is 24.5 Å². The molecule has 1 heterocycles. The summed E-state index contributed by atoms with van der Waals surface area (Å²) in [5, 5.41) is 2.85. The number of likely N-dealkylation sites (N-methyl/N-ethyl adjacent to an activating group) is 1. The Balaban J connectivity index is 1.63. The van der Waals surface area contributed by atoms with Crippen molar-refractivity contribution in [3.63, 3.8) is 0 Å². The highest BCUT2D eigenvalue weighted by atomic mass is 32.2. The van der Waals surface area contributed by atoms with Crippen LogP contribution in [-0.4, -0.2) is 49.0 Å². The smallest absolute Gasteiger partial charge is 0.369 e.